The van der Waals surface area contributed by atoms with Crippen LogP contribution in [0.15, 0.2) is 77.9 Å². The van der Waals surface area contributed by atoms with E-state index >= 15 is 0 Å². The summed E-state index contributed by atoms with van der Waals surface area (Å²) >= 11 is 0. The Labute approximate surface area is 194 Å². The van der Waals surface area contributed by atoms with Gasteiger partial charge in [0.05, 0.1) is 12.1 Å². The number of fused-ring (bicyclic) bond motifs is 1. The molecule has 3 heterocycles. The van der Waals surface area contributed by atoms with Crippen LogP contribution < -0.4 is 5.56 Å². The molecule has 1 aliphatic rings. The molecule has 4 aromatic rings. The van der Waals surface area contributed by atoms with Gasteiger partial charge in [-0.3, -0.25) is 14.7 Å². The van der Waals surface area contributed by atoms with E-state index in [0.29, 0.717) is 26.1 Å². The minimum atomic E-state index is -0.583. The third kappa shape index (κ3) is 4.26. The Bertz CT molecular complexity index is 1380. The number of hydrogen-bond acceptors (Lipinski definition) is 3. The van der Waals surface area contributed by atoms with Crippen LogP contribution in [-0.4, -0.2) is 21.0 Å². The van der Waals surface area contributed by atoms with Gasteiger partial charge in [-0.15, -0.1) is 0 Å². The van der Waals surface area contributed by atoms with Gasteiger partial charge in [-0.25, -0.2) is 13.2 Å². The Balaban J connectivity index is 1.58. The average molecular weight is 461 g/mol. The van der Waals surface area contributed by atoms with E-state index in [1.165, 1.54) is 24.3 Å². The maximum atomic E-state index is 14.6. The number of pyridine rings is 2. The quantitative estimate of drug-likeness (QED) is 0.423. The maximum Gasteiger partial charge on any atom is 0.259 e. The number of hydrogen-bond donors (Lipinski definition) is 0. The third-order valence-electron chi connectivity index (χ3n) is 6.25. The van der Waals surface area contributed by atoms with Crippen molar-refractivity contribution in [1.82, 2.24) is 14.5 Å². The number of aromatic nitrogens is 2. The van der Waals surface area contributed by atoms with E-state index in [1.54, 1.807) is 41.2 Å². The molecular weight excluding hydrogens is 439 g/mol. The van der Waals surface area contributed by atoms with Crippen LogP contribution in [0.25, 0.3) is 11.1 Å². The van der Waals surface area contributed by atoms with E-state index in [4.69, 9.17) is 0 Å². The predicted octanol–water partition coefficient (Wildman–Crippen LogP) is 4.93. The van der Waals surface area contributed by atoms with Crippen LogP contribution in [0.1, 0.15) is 22.4 Å². The second kappa shape index (κ2) is 9.27. The van der Waals surface area contributed by atoms with E-state index in [-0.39, 0.29) is 28.8 Å². The monoisotopic (exact) mass is 461 g/mol. The third-order valence-corrected chi connectivity index (χ3v) is 6.25. The van der Waals surface area contributed by atoms with Crippen molar-refractivity contribution in [1.29, 1.82) is 0 Å². The van der Waals surface area contributed by atoms with E-state index in [0.717, 1.165) is 16.8 Å². The van der Waals surface area contributed by atoms with Gasteiger partial charge in [0.15, 0.2) is 0 Å². The van der Waals surface area contributed by atoms with Gasteiger partial charge in [0.25, 0.3) is 5.56 Å². The summed E-state index contributed by atoms with van der Waals surface area (Å²) in [5.41, 5.74) is 2.85. The molecule has 0 amide bonds. The Morgan fingerprint density at radius 3 is 2.26 bits per heavy atom. The highest BCUT2D eigenvalue weighted by Crippen LogP contribution is 2.27. The fourth-order valence-corrected chi connectivity index (χ4v) is 4.53. The van der Waals surface area contributed by atoms with E-state index in [9.17, 15) is 18.0 Å². The summed E-state index contributed by atoms with van der Waals surface area (Å²) in [4.78, 5) is 19.5. The maximum absolute atomic E-state index is 14.6. The topological polar surface area (TPSA) is 38.1 Å². The zero-order chi connectivity index (χ0) is 23.7. The molecule has 0 unspecified atom stereocenters. The van der Waals surface area contributed by atoms with Crippen LogP contribution in [-0.2, 0) is 26.1 Å². The van der Waals surface area contributed by atoms with Crippen molar-refractivity contribution in [2.24, 2.45) is 0 Å². The molecule has 0 N–H and O–H groups in total. The van der Waals surface area contributed by atoms with Gasteiger partial charge < -0.3 is 4.57 Å². The molecule has 0 bridgehead atoms. The van der Waals surface area contributed by atoms with Gasteiger partial charge in [-0.05, 0) is 47.5 Å². The summed E-state index contributed by atoms with van der Waals surface area (Å²) in [5.74, 6) is -1.64. The van der Waals surface area contributed by atoms with Crippen LogP contribution in [0, 0.1) is 17.5 Å². The summed E-state index contributed by atoms with van der Waals surface area (Å²) in [6.45, 7) is 1.36. The highest BCUT2D eigenvalue weighted by Gasteiger charge is 2.25. The van der Waals surface area contributed by atoms with Crippen LogP contribution in [0.2, 0.25) is 0 Å². The lowest BCUT2D eigenvalue weighted by Crippen LogP contribution is -2.36. The van der Waals surface area contributed by atoms with Crippen molar-refractivity contribution in [3.63, 3.8) is 0 Å². The van der Waals surface area contributed by atoms with Crippen LogP contribution in [0.3, 0.4) is 0 Å². The molecule has 0 saturated heterocycles. The molecule has 0 spiro atoms. The molecule has 0 saturated carbocycles. The van der Waals surface area contributed by atoms with Crippen molar-refractivity contribution in [3.8, 4) is 11.1 Å². The molecule has 2 aromatic heterocycles. The average Bonchev–Trinajstić information content (AvgIpc) is 2.84. The standard InChI is InChI=1S/C27H22F3N3O/c28-23-5-2-1-4-20(23)21-14-19-16-32(17-22-24(29)6-3-7-25(22)30)13-10-26(19)33(27(21)34)15-18-8-11-31-12-9-18/h1-9,11-12,14H,10,13,15-17H2. The Kier molecular flexibility index (Phi) is 6.02. The normalized spacial score (nSPS) is 13.6. The van der Waals surface area contributed by atoms with Gasteiger partial charge in [-0.2, -0.15) is 0 Å². The molecule has 4 nitrogen and oxygen atoms in total. The SMILES string of the molecule is O=c1c(-c2ccccc2F)cc2c(n1Cc1ccncc1)CCN(Cc1c(F)cccc1F)C2. The molecule has 0 fully saturated rings. The zero-order valence-electron chi connectivity index (χ0n) is 18.3. The molecule has 172 valence electrons. The van der Waals surface area contributed by atoms with Crippen LogP contribution >= 0.6 is 0 Å². The molecule has 1 aliphatic heterocycles. The van der Waals surface area contributed by atoms with Gasteiger partial charge in [0.2, 0.25) is 0 Å². The van der Waals surface area contributed by atoms with Gasteiger partial charge in [-0.1, -0.05) is 24.3 Å². The highest BCUT2D eigenvalue weighted by molar-refractivity contribution is 5.64. The van der Waals surface area contributed by atoms with E-state index < -0.39 is 17.5 Å². The molecule has 5 rings (SSSR count). The smallest absolute Gasteiger partial charge is 0.259 e. The van der Waals surface area contributed by atoms with Crippen molar-refractivity contribution in [2.45, 2.75) is 26.1 Å². The summed E-state index contributed by atoms with van der Waals surface area (Å²) < 4.78 is 44.8. The van der Waals surface area contributed by atoms with Crippen LogP contribution in [0.4, 0.5) is 13.2 Å². The Hall–Kier alpha value is -3.71. The second-order valence-corrected chi connectivity index (χ2v) is 8.42. The molecule has 34 heavy (non-hydrogen) atoms. The number of rotatable bonds is 5. The number of nitrogens with zero attached hydrogens (tertiary/aromatic N) is 3. The summed E-state index contributed by atoms with van der Waals surface area (Å²) in [7, 11) is 0. The van der Waals surface area contributed by atoms with Gasteiger partial charge >= 0.3 is 0 Å². The lowest BCUT2D eigenvalue weighted by atomic mass is 9.98. The first-order valence-corrected chi connectivity index (χ1v) is 11.1. The van der Waals surface area contributed by atoms with Crippen molar-refractivity contribution in [3.05, 3.63) is 123 Å². The summed E-state index contributed by atoms with van der Waals surface area (Å²) in [5, 5.41) is 0. The fraction of sp³-hybridized carbons (Fsp3) is 0.185. The minimum absolute atomic E-state index is 0.0189. The van der Waals surface area contributed by atoms with E-state index in [2.05, 4.69) is 4.98 Å². The summed E-state index contributed by atoms with van der Waals surface area (Å²) in [6, 6.07) is 15.4. The van der Waals surface area contributed by atoms with Gasteiger partial charge in [0.1, 0.15) is 17.5 Å². The van der Waals surface area contributed by atoms with Crippen molar-refractivity contribution < 1.29 is 13.2 Å². The lowest BCUT2D eigenvalue weighted by molar-refractivity contribution is 0.233. The van der Waals surface area contributed by atoms with Crippen molar-refractivity contribution in [2.75, 3.05) is 6.54 Å². The second-order valence-electron chi connectivity index (χ2n) is 8.42. The molecular formula is C27H22F3N3O. The van der Waals surface area contributed by atoms with Gasteiger partial charge in [0, 0.05) is 55.3 Å². The minimum Gasteiger partial charge on any atom is -0.307 e. The zero-order valence-corrected chi connectivity index (χ0v) is 18.3. The molecule has 2 aromatic carbocycles. The highest BCUT2D eigenvalue weighted by atomic mass is 19.1. The molecule has 7 heteroatoms. The van der Waals surface area contributed by atoms with Crippen molar-refractivity contribution >= 4 is 0 Å². The molecule has 0 atom stereocenters. The summed E-state index contributed by atoms with van der Waals surface area (Å²) in [6.07, 6.45) is 3.86. The fourth-order valence-electron chi connectivity index (χ4n) is 4.53. The van der Waals surface area contributed by atoms with E-state index in [1.807, 2.05) is 17.0 Å². The number of benzene rings is 2. The Morgan fingerprint density at radius 1 is 0.824 bits per heavy atom. The first kappa shape index (κ1) is 22.1. The lowest BCUT2D eigenvalue weighted by Gasteiger charge is -2.31. The molecule has 0 aliphatic carbocycles. The first-order valence-electron chi connectivity index (χ1n) is 11.1. The number of halogens is 3. The first-order chi connectivity index (χ1) is 16.5. The molecule has 0 radical (unpaired) electrons. The van der Waals surface area contributed by atoms with Crippen LogP contribution in [0.5, 0.6) is 0 Å². The largest absolute Gasteiger partial charge is 0.307 e. The predicted molar refractivity (Wildman–Crippen MR) is 124 cm³/mol. The Morgan fingerprint density at radius 2 is 1.53 bits per heavy atom.